The first-order chi connectivity index (χ1) is 13.6. The number of hydrogen-bond acceptors (Lipinski definition) is 2. The molecule has 146 valence electrons. The van der Waals surface area contributed by atoms with Gasteiger partial charge >= 0.3 is 0 Å². The number of thioether (sulfide) groups is 1. The normalized spacial score (nSPS) is 30.4. The largest absolute Gasteiger partial charge is 0.325 e. The highest BCUT2D eigenvalue weighted by Crippen LogP contribution is 2.60. The summed E-state index contributed by atoms with van der Waals surface area (Å²) in [7, 11) is 0. The molecule has 1 amide bonds. The Labute approximate surface area is 180 Å². The van der Waals surface area contributed by atoms with Crippen molar-refractivity contribution in [2.75, 3.05) is 11.1 Å². The lowest BCUT2D eigenvalue weighted by Gasteiger charge is -2.57. The zero-order valence-electron chi connectivity index (χ0n) is 16.0. The number of hydrogen-bond donors (Lipinski definition) is 1. The third-order valence-corrected chi connectivity index (χ3v) is 8.54. The van der Waals surface area contributed by atoms with Crippen LogP contribution in [0.5, 0.6) is 0 Å². The van der Waals surface area contributed by atoms with E-state index in [4.69, 9.17) is 0 Å². The van der Waals surface area contributed by atoms with Crippen LogP contribution in [-0.4, -0.2) is 11.7 Å². The Hall–Kier alpha value is -1.26. The molecule has 2 aromatic rings. The molecule has 4 heteroatoms. The molecule has 0 heterocycles. The molecule has 4 aliphatic rings. The Kier molecular flexibility index (Phi) is 5.04. The third-order valence-electron chi connectivity index (χ3n) is 7.00. The zero-order chi connectivity index (χ0) is 19.1. The lowest BCUT2D eigenvalue weighted by atomic mass is 9.48. The van der Waals surface area contributed by atoms with Crippen molar-refractivity contribution >= 4 is 39.3 Å². The molecule has 0 atom stereocenters. The van der Waals surface area contributed by atoms with Gasteiger partial charge in [-0.2, -0.15) is 0 Å². The topological polar surface area (TPSA) is 29.1 Å². The lowest BCUT2D eigenvalue weighted by Crippen LogP contribution is -2.48. The molecule has 2 nitrogen and oxygen atoms in total. The maximum Gasteiger partial charge on any atom is 0.234 e. The van der Waals surface area contributed by atoms with Gasteiger partial charge in [0.25, 0.3) is 0 Å². The van der Waals surface area contributed by atoms with Crippen LogP contribution in [-0.2, 0) is 10.2 Å². The molecule has 0 aromatic heterocycles. The van der Waals surface area contributed by atoms with Gasteiger partial charge in [-0.3, -0.25) is 4.79 Å². The van der Waals surface area contributed by atoms with Gasteiger partial charge in [-0.1, -0.05) is 28.1 Å². The van der Waals surface area contributed by atoms with Crippen LogP contribution in [0.4, 0.5) is 5.69 Å². The highest BCUT2D eigenvalue weighted by Gasteiger charge is 2.51. The van der Waals surface area contributed by atoms with Crippen LogP contribution in [0.25, 0.3) is 0 Å². The predicted octanol–water partition coefficient (Wildman–Crippen LogP) is 6.65. The van der Waals surface area contributed by atoms with Crippen LogP contribution in [0.3, 0.4) is 0 Å². The van der Waals surface area contributed by atoms with Gasteiger partial charge in [-0.25, -0.2) is 0 Å². The van der Waals surface area contributed by atoms with E-state index in [0.29, 0.717) is 11.2 Å². The second kappa shape index (κ2) is 7.53. The fourth-order valence-corrected chi connectivity index (χ4v) is 7.21. The van der Waals surface area contributed by atoms with E-state index in [2.05, 4.69) is 45.5 Å². The molecule has 0 aliphatic heterocycles. The molecular weight excluding hydrogens is 430 g/mol. The molecule has 2 aromatic carbocycles. The van der Waals surface area contributed by atoms with Crippen LogP contribution < -0.4 is 5.32 Å². The fraction of sp³-hybridized carbons (Fsp3) is 0.458. The lowest BCUT2D eigenvalue weighted by molar-refractivity contribution is -0.113. The fourth-order valence-electron chi connectivity index (χ4n) is 6.25. The molecule has 4 bridgehead atoms. The van der Waals surface area contributed by atoms with E-state index in [0.717, 1.165) is 32.8 Å². The van der Waals surface area contributed by atoms with Crippen molar-refractivity contribution in [3.05, 3.63) is 58.6 Å². The van der Waals surface area contributed by atoms with Crippen molar-refractivity contribution in [1.29, 1.82) is 0 Å². The van der Waals surface area contributed by atoms with E-state index >= 15 is 0 Å². The molecule has 28 heavy (non-hydrogen) atoms. The van der Waals surface area contributed by atoms with Gasteiger partial charge in [-0.05, 0) is 104 Å². The number of anilines is 1. The first kappa shape index (κ1) is 18.7. The minimum absolute atomic E-state index is 0.0514. The highest BCUT2D eigenvalue weighted by atomic mass is 79.9. The Bertz CT molecular complexity index is 826. The number of rotatable bonds is 5. The first-order valence-corrected chi connectivity index (χ1v) is 12.1. The Balaban J connectivity index is 1.21. The molecule has 4 fully saturated rings. The van der Waals surface area contributed by atoms with Crippen molar-refractivity contribution in [3.8, 4) is 0 Å². The molecule has 0 saturated heterocycles. The summed E-state index contributed by atoms with van der Waals surface area (Å²) in [5, 5.41) is 3.06. The van der Waals surface area contributed by atoms with Crippen LogP contribution in [0.1, 0.15) is 44.1 Å². The van der Waals surface area contributed by atoms with Crippen LogP contribution >= 0.6 is 27.7 Å². The summed E-state index contributed by atoms with van der Waals surface area (Å²) in [6.45, 7) is 0. The predicted molar refractivity (Wildman–Crippen MR) is 120 cm³/mol. The zero-order valence-corrected chi connectivity index (χ0v) is 18.4. The molecular formula is C24H26BrNOS. The van der Waals surface area contributed by atoms with Gasteiger partial charge in [0.15, 0.2) is 0 Å². The summed E-state index contributed by atoms with van der Waals surface area (Å²) in [4.78, 5) is 13.4. The van der Waals surface area contributed by atoms with E-state index in [-0.39, 0.29) is 5.91 Å². The van der Waals surface area contributed by atoms with Gasteiger partial charge in [0.1, 0.15) is 0 Å². The number of carbonyl (C=O) groups excluding carboxylic acids is 1. The van der Waals surface area contributed by atoms with Crippen LogP contribution in [0, 0.1) is 17.8 Å². The number of amides is 1. The molecule has 1 N–H and O–H groups in total. The maximum absolute atomic E-state index is 12.3. The molecule has 0 spiro atoms. The van der Waals surface area contributed by atoms with Gasteiger partial charge in [0.2, 0.25) is 5.91 Å². The summed E-state index contributed by atoms with van der Waals surface area (Å²) in [5.41, 5.74) is 2.85. The number of halogens is 1. The average molecular weight is 456 g/mol. The second-order valence-electron chi connectivity index (χ2n) is 9.07. The molecule has 6 rings (SSSR count). The van der Waals surface area contributed by atoms with Crippen LogP contribution in [0.15, 0.2) is 57.9 Å². The standard InChI is InChI=1S/C24H26BrNOS/c25-20-3-7-22(8-4-20)28-15-23(27)26-21-5-1-19(2-6-21)24-12-16-9-17(13-24)11-18(10-16)14-24/h1-8,16-18H,9-15H2,(H,26,27). The van der Waals surface area contributed by atoms with Crippen LogP contribution in [0.2, 0.25) is 0 Å². The second-order valence-corrected chi connectivity index (χ2v) is 11.0. The van der Waals surface area contributed by atoms with Gasteiger partial charge in [0, 0.05) is 15.1 Å². The van der Waals surface area contributed by atoms with E-state index in [1.54, 1.807) is 11.8 Å². The SMILES string of the molecule is O=C(CSc1ccc(Br)cc1)Nc1ccc(C23CC4CC(CC(C4)C2)C3)cc1. The van der Waals surface area contributed by atoms with Crippen molar-refractivity contribution < 1.29 is 4.79 Å². The quantitative estimate of drug-likeness (QED) is 0.511. The summed E-state index contributed by atoms with van der Waals surface area (Å²) in [6.07, 6.45) is 8.58. The van der Waals surface area contributed by atoms with Crippen molar-refractivity contribution in [2.24, 2.45) is 17.8 Å². The van der Waals surface area contributed by atoms with Gasteiger partial charge < -0.3 is 5.32 Å². The van der Waals surface area contributed by atoms with Gasteiger partial charge in [0.05, 0.1) is 5.75 Å². The van der Waals surface area contributed by atoms with Crippen molar-refractivity contribution in [3.63, 3.8) is 0 Å². The van der Waals surface area contributed by atoms with E-state index in [1.165, 1.54) is 44.1 Å². The Morgan fingerprint density at radius 1 is 0.929 bits per heavy atom. The summed E-state index contributed by atoms with van der Waals surface area (Å²) in [5.74, 6) is 3.36. The molecule has 4 saturated carbocycles. The van der Waals surface area contributed by atoms with Crippen molar-refractivity contribution in [1.82, 2.24) is 0 Å². The Morgan fingerprint density at radius 3 is 2.07 bits per heavy atom. The van der Waals surface area contributed by atoms with E-state index < -0.39 is 0 Å². The number of benzene rings is 2. The molecule has 4 aliphatic carbocycles. The summed E-state index contributed by atoms with van der Waals surface area (Å²) >= 11 is 5.00. The molecule has 0 radical (unpaired) electrons. The third kappa shape index (κ3) is 3.78. The summed E-state index contributed by atoms with van der Waals surface area (Å²) < 4.78 is 1.06. The maximum atomic E-state index is 12.3. The first-order valence-electron chi connectivity index (χ1n) is 10.4. The van der Waals surface area contributed by atoms with Crippen molar-refractivity contribution in [2.45, 2.75) is 48.8 Å². The van der Waals surface area contributed by atoms with E-state index in [1.807, 2.05) is 24.3 Å². The highest BCUT2D eigenvalue weighted by molar-refractivity contribution is 9.10. The molecule has 0 unspecified atom stereocenters. The van der Waals surface area contributed by atoms with E-state index in [9.17, 15) is 4.79 Å². The smallest absolute Gasteiger partial charge is 0.234 e. The van der Waals surface area contributed by atoms with Gasteiger partial charge in [-0.15, -0.1) is 11.8 Å². The minimum Gasteiger partial charge on any atom is -0.325 e. The number of carbonyl (C=O) groups is 1. The Morgan fingerprint density at radius 2 is 1.50 bits per heavy atom. The summed E-state index contributed by atoms with van der Waals surface area (Å²) in [6, 6.07) is 16.8. The monoisotopic (exact) mass is 455 g/mol. The number of nitrogens with one attached hydrogen (secondary N) is 1. The average Bonchev–Trinajstić information content (AvgIpc) is 2.67. The minimum atomic E-state index is 0.0514.